The number of hydrogen-bond acceptors (Lipinski definition) is 3. The minimum atomic E-state index is -4.66. The molecular weight excluding hydrogens is 209 g/mol. The third-order valence-corrected chi connectivity index (χ3v) is 1.53. The number of halogens is 3. The summed E-state index contributed by atoms with van der Waals surface area (Å²) in [7, 11) is 0. The highest BCUT2D eigenvalue weighted by molar-refractivity contribution is 5.29. The van der Waals surface area contributed by atoms with Gasteiger partial charge in [0.2, 0.25) is 0 Å². The molecule has 0 saturated carbocycles. The van der Waals surface area contributed by atoms with Crippen molar-refractivity contribution in [2.24, 2.45) is 5.10 Å². The second kappa shape index (κ2) is 4.68. The number of ether oxygens (including phenoxy) is 1. The zero-order valence-corrected chi connectivity index (χ0v) is 7.71. The van der Waals surface area contributed by atoms with Crippen LogP contribution in [0.4, 0.5) is 13.2 Å². The molecule has 0 bridgehead atoms. The van der Waals surface area contributed by atoms with Crippen LogP contribution in [-0.2, 0) is 6.54 Å². The minimum absolute atomic E-state index is 0.245. The molecule has 3 nitrogen and oxygen atoms in total. The lowest BCUT2D eigenvalue weighted by Gasteiger charge is -2.09. The molecule has 0 amide bonds. The Kier molecular flexibility index (Phi) is 3.54. The highest BCUT2D eigenvalue weighted by Crippen LogP contribution is 2.23. The standard InChI is InChI=1S/C9H9F3N2O/c1-13-14-6-7-3-2-4-8(5-7)15-9(10,11)12/h2-5,14H,1,6H2. The van der Waals surface area contributed by atoms with Crippen molar-refractivity contribution in [1.29, 1.82) is 0 Å². The average Bonchev–Trinajstić information content (AvgIpc) is 2.12. The fourth-order valence-electron chi connectivity index (χ4n) is 1.000. The molecule has 0 atom stereocenters. The summed E-state index contributed by atoms with van der Waals surface area (Å²) >= 11 is 0. The van der Waals surface area contributed by atoms with Crippen molar-refractivity contribution in [3.8, 4) is 5.75 Å². The second-order valence-corrected chi connectivity index (χ2v) is 2.69. The Labute approximate surface area is 84.6 Å². The van der Waals surface area contributed by atoms with Gasteiger partial charge in [-0.15, -0.1) is 13.2 Å². The van der Waals surface area contributed by atoms with Crippen molar-refractivity contribution < 1.29 is 17.9 Å². The van der Waals surface area contributed by atoms with E-state index in [0.717, 1.165) is 0 Å². The molecule has 15 heavy (non-hydrogen) atoms. The number of benzene rings is 1. The molecule has 1 aromatic carbocycles. The van der Waals surface area contributed by atoms with Crippen molar-refractivity contribution in [2.45, 2.75) is 12.9 Å². The van der Waals surface area contributed by atoms with Crippen molar-refractivity contribution in [3.63, 3.8) is 0 Å². The Morgan fingerprint density at radius 3 is 2.73 bits per heavy atom. The molecule has 6 heteroatoms. The van der Waals surface area contributed by atoms with Gasteiger partial charge in [-0.1, -0.05) is 12.1 Å². The maximum atomic E-state index is 11.9. The first-order valence-electron chi connectivity index (χ1n) is 4.04. The Bertz CT molecular complexity index is 338. The zero-order chi connectivity index (χ0) is 11.3. The van der Waals surface area contributed by atoms with Gasteiger partial charge >= 0.3 is 6.36 Å². The Balaban J connectivity index is 2.69. The first-order chi connectivity index (χ1) is 7.01. The Morgan fingerprint density at radius 1 is 1.40 bits per heavy atom. The van der Waals surface area contributed by atoms with E-state index in [4.69, 9.17) is 0 Å². The van der Waals surface area contributed by atoms with Crippen LogP contribution in [0.1, 0.15) is 5.56 Å². The van der Waals surface area contributed by atoms with Gasteiger partial charge in [-0.25, -0.2) is 0 Å². The molecule has 0 spiro atoms. The highest BCUT2D eigenvalue weighted by Gasteiger charge is 2.30. The molecule has 0 aliphatic rings. The van der Waals surface area contributed by atoms with E-state index in [1.165, 1.54) is 18.2 Å². The number of rotatable bonds is 4. The normalized spacial score (nSPS) is 10.9. The van der Waals surface area contributed by atoms with Crippen LogP contribution in [0.3, 0.4) is 0 Å². The molecule has 0 heterocycles. The Hall–Kier alpha value is -1.72. The quantitative estimate of drug-likeness (QED) is 0.621. The largest absolute Gasteiger partial charge is 0.573 e. The van der Waals surface area contributed by atoms with E-state index in [1.807, 2.05) is 0 Å². The van der Waals surface area contributed by atoms with Gasteiger partial charge in [0.1, 0.15) is 5.75 Å². The molecule has 1 rings (SSSR count). The van der Waals surface area contributed by atoms with Crippen molar-refractivity contribution in [2.75, 3.05) is 0 Å². The predicted molar refractivity (Wildman–Crippen MR) is 49.5 cm³/mol. The highest BCUT2D eigenvalue weighted by atomic mass is 19.4. The van der Waals surface area contributed by atoms with Gasteiger partial charge in [-0.05, 0) is 17.7 Å². The van der Waals surface area contributed by atoms with Crippen LogP contribution in [0.15, 0.2) is 29.4 Å². The van der Waals surface area contributed by atoms with Crippen LogP contribution in [0.25, 0.3) is 0 Å². The molecule has 0 aliphatic carbocycles. The molecule has 0 radical (unpaired) electrons. The third-order valence-electron chi connectivity index (χ3n) is 1.53. The Morgan fingerprint density at radius 2 is 2.13 bits per heavy atom. The maximum Gasteiger partial charge on any atom is 0.573 e. The summed E-state index contributed by atoms with van der Waals surface area (Å²) in [5.74, 6) is -0.245. The van der Waals surface area contributed by atoms with Gasteiger partial charge in [-0.2, -0.15) is 5.10 Å². The number of hydrazone groups is 1. The summed E-state index contributed by atoms with van der Waals surface area (Å²) in [5.41, 5.74) is 3.16. The van der Waals surface area contributed by atoms with Gasteiger partial charge in [-0.3, -0.25) is 0 Å². The maximum absolute atomic E-state index is 11.9. The van der Waals surface area contributed by atoms with Crippen molar-refractivity contribution in [1.82, 2.24) is 5.43 Å². The second-order valence-electron chi connectivity index (χ2n) is 2.69. The first-order valence-corrected chi connectivity index (χ1v) is 4.04. The van der Waals surface area contributed by atoms with Crippen molar-refractivity contribution in [3.05, 3.63) is 29.8 Å². The number of alkyl halides is 3. The van der Waals surface area contributed by atoms with Crippen LogP contribution in [0, 0.1) is 0 Å². The lowest BCUT2D eigenvalue weighted by atomic mass is 10.2. The number of hydrogen-bond donors (Lipinski definition) is 1. The predicted octanol–water partition coefficient (Wildman–Crippen LogP) is 2.29. The van der Waals surface area contributed by atoms with E-state index in [0.29, 0.717) is 12.1 Å². The first kappa shape index (κ1) is 11.4. The summed E-state index contributed by atoms with van der Waals surface area (Å²) in [6, 6.07) is 5.65. The number of nitrogens with zero attached hydrogens (tertiary/aromatic N) is 1. The van der Waals surface area contributed by atoms with E-state index in [2.05, 4.69) is 22.0 Å². The zero-order valence-electron chi connectivity index (χ0n) is 7.71. The molecule has 0 saturated heterocycles. The molecule has 1 aromatic rings. The van der Waals surface area contributed by atoms with Crippen LogP contribution in [-0.4, -0.2) is 13.1 Å². The lowest BCUT2D eigenvalue weighted by molar-refractivity contribution is -0.274. The minimum Gasteiger partial charge on any atom is -0.406 e. The monoisotopic (exact) mass is 218 g/mol. The van der Waals surface area contributed by atoms with Crippen LogP contribution in [0.2, 0.25) is 0 Å². The van der Waals surface area contributed by atoms with Gasteiger partial charge in [0.15, 0.2) is 0 Å². The summed E-state index contributed by atoms with van der Waals surface area (Å²) in [5, 5.41) is 3.37. The molecule has 0 unspecified atom stereocenters. The number of nitrogens with one attached hydrogen (secondary N) is 1. The van der Waals surface area contributed by atoms with Gasteiger partial charge < -0.3 is 10.2 Å². The molecule has 1 N–H and O–H groups in total. The topological polar surface area (TPSA) is 33.6 Å². The van der Waals surface area contributed by atoms with E-state index < -0.39 is 6.36 Å². The summed E-state index contributed by atoms with van der Waals surface area (Å²) in [4.78, 5) is 0. The van der Waals surface area contributed by atoms with Crippen LogP contribution >= 0.6 is 0 Å². The lowest BCUT2D eigenvalue weighted by Crippen LogP contribution is -2.17. The van der Waals surface area contributed by atoms with E-state index >= 15 is 0 Å². The SMILES string of the molecule is C=NNCc1cccc(OC(F)(F)F)c1. The van der Waals surface area contributed by atoms with Gasteiger partial charge in [0.05, 0.1) is 6.54 Å². The van der Waals surface area contributed by atoms with E-state index in [1.54, 1.807) is 6.07 Å². The summed E-state index contributed by atoms with van der Waals surface area (Å²) in [6.45, 7) is 3.49. The van der Waals surface area contributed by atoms with Gasteiger partial charge in [0.25, 0.3) is 0 Å². The smallest absolute Gasteiger partial charge is 0.406 e. The molecule has 0 fully saturated rings. The fraction of sp³-hybridized carbons (Fsp3) is 0.222. The molecular formula is C9H9F3N2O. The van der Waals surface area contributed by atoms with E-state index in [-0.39, 0.29) is 5.75 Å². The van der Waals surface area contributed by atoms with Crippen LogP contribution in [0.5, 0.6) is 5.75 Å². The fourth-order valence-corrected chi connectivity index (χ4v) is 1.000. The molecule has 82 valence electrons. The molecule has 0 aromatic heterocycles. The average molecular weight is 218 g/mol. The summed E-state index contributed by atoms with van der Waals surface area (Å²) < 4.78 is 39.3. The molecule has 0 aliphatic heterocycles. The van der Waals surface area contributed by atoms with E-state index in [9.17, 15) is 13.2 Å². The summed E-state index contributed by atoms with van der Waals surface area (Å²) in [6.07, 6.45) is -4.66. The van der Waals surface area contributed by atoms with Gasteiger partial charge in [0, 0.05) is 6.72 Å². The van der Waals surface area contributed by atoms with Crippen molar-refractivity contribution >= 4 is 6.72 Å². The third kappa shape index (κ3) is 4.35. The van der Waals surface area contributed by atoms with Crippen LogP contribution < -0.4 is 10.2 Å².